The lowest BCUT2D eigenvalue weighted by Gasteiger charge is -2.37. The Morgan fingerprint density at radius 2 is 1.79 bits per heavy atom. The van der Waals surface area contributed by atoms with Crippen LogP contribution in [0.25, 0.3) is 0 Å². The Morgan fingerprint density at radius 1 is 1.21 bits per heavy atom. The highest BCUT2D eigenvalue weighted by molar-refractivity contribution is 5.25. The minimum Gasteiger partial charge on any atom is -0.387 e. The van der Waals surface area contributed by atoms with Crippen LogP contribution in [-0.2, 0) is 6.42 Å². The maximum atomic E-state index is 10.5. The molecule has 1 N–H and O–H groups in total. The molecule has 0 spiro atoms. The van der Waals surface area contributed by atoms with Gasteiger partial charge in [0.05, 0.1) is 6.10 Å². The molecule has 2 atom stereocenters. The van der Waals surface area contributed by atoms with Gasteiger partial charge < -0.3 is 5.11 Å². The van der Waals surface area contributed by atoms with Crippen molar-refractivity contribution >= 4 is 0 Å². The topological polar surface area (TPSA) is 23.5 Å². The van der Waals surface area contributed by atoms with E-state index in [1.54, 1.807) is 0 Å². The second kappa shape index (κ2) is 6.53. The summed E-state index contributed by atoms with van der Waals surface area (Å²) in [6.07, 6.45) is 3.19. The zero-order valence-corrected chi connectivity index (χ0v) is 12.5. The van der Waals surface area contributed by atoms with E-state index in [4.69, 9.17) is 0 Å². The number of nitrogens with zero attached hydrogens (tertiary/aromatic N) is 1. The van der Waals surface area contributed by atoms with E-state index in [1.165, 1.54) is 18.4 Å². The van der Waals surface area contributed by atoms with Gasteiger partial charge in [0.2, 0.25) is 0 Å². The maximum absolute atomic E-state index is 10.5. The number of aliphatic hydroxyl groups is 1. The molecule has 1 aliphatic heterocycles. The van der Waals surface area contributed by atoms with E-state index in [1.807, 2.05) is 0 Å². The lowest BCUT2D eigenvalue weighted by atomic mass is 9.95. The number of aryl methyl sites for hydroxylation is 1. The van der Waals surface area contributed by atoms with E-state index in [2.05, 4.69) is 49.9 Å². The van der Waals surface area contributed by atoms with Crippen molar-refractivity contribution in [2.24, 2.45) is 5.92 Å². The number of piperidine rings is 1. The molecular weight excluding hydrogens is 234 g/mol. The lowest BCUT2D eigenvalue weighted by Crippen LogP contribution is -2.42. The molecular formula is C17H27NO. The molecule has 1 aliphatic rings. The van der Waals surface area contributed by atoms with Gasteiger partial charge in [-0.3, -0.25) is 4.90 Å². The molecule has 0 aromatic heterocycles. The van der Waals surface area contributed by atoms with Crippen molar-refractivity contribution in [3.8, 4) is 0 Å². The first kappa shape index (κ1) is 14.5. The molecule has 19 heavy (non-hydrogen) atoms. The molecule has 2 nitrogen and oxygen atoms in total. The first-order valence-corrected chi connectivity index (χ1v) is 7.62. The smallest absolute Gasteiger partial charge is 0.0942 e. The van der Waals surface area contributed by atoms with Crippen LogP contribution in [0.15, 0.2) is 24.3 Å². The Labute approximate surface area is 117 Å². The summed E-state index contributed by atoms with van der Waals surface area (Å²) in [5.41, 5.74) is 2.37. The van der Waals surface area contributed by atoms with Crippen molar-refractivity contribution in [1.29, 1.82) is 0 Å². The monoisotopic (exact) mass is 261 g/mol. The first-order valence-electron chi connectivity index (χ1n) is 7.62. The Kier molecular flexibility index (Phi) is 5.00. The number of benzene rings is 1. The summed E-state index contributed by atoms with van der Waals surface area (Å²) in [6.45, 7) is 8.86. The third-order valence-electron chi connectivity index (χ3n) is 4.58. The van der Waals surface area contributed by atoms with Gasteiger partial charge in [-0.1, -0.05) is 38.1 Å². The van der Waals surface area contributed by atoms with Crippen molar-refractivity contribution in [1.82, 2.24) is 4.90 Å². The second-order valence-corrected chi connectivity index (χ2v) is 6.00. The van der Waals surface area contributed by atoms with Crippen molar-refractivity contribution < 1.29 is 5.11 Å². The molecule has 2 unspecified atom stereocenters. The van der Waals surface area contributed by atoms with Gasteiger partial charge in [0.25, 0.3) is 0 Å². The highest BCUT2D eigenvalue weighted by atomic mass is 16.3. The van der Waals surface area contributed by atoms with Crippen LogP contribution >= 0.6 is 0 Å². The van der Waals surface area contributed by atoms with E-state index >= 15 is 0 Å². The van der Waals surface area contributed by atoms with Crippen LogP contribution in [0.2, 0.25) is 0 Å². The summed E-state index contributed by atoms with van der Waals surface area (Å²) >= 11 is 0. The van der Waals surface area contributed by atoms with Crippen LogP contribution in [0, 0.1) is 5.92 Å². The second-order valence-electron chi connectivity index (χ2n) is 6.00. The van der Waals surface area contributed by atoms with Gasteiger partial charge in [-0.15, -0.1) is 0 Å². The first-order chi connectivity index (χ1) is 9.11. The standard InChI is InChI=1S/C17H27NO/c1-4-15-5-7-16(8-6-15)17(19)14(3)18-11-9-13(2)10-12-18/h5-8,13-14,17,19H,4,9-12H2,1-3H3. The van der Waals surface area contributed by atoms with E-state index in [0.29, 0.717) is 0 Å². The Morgan fingerprint density at radius 3 is 2.32 bits per heavy atom. The van der Waals surface area contributed by atoms with Gasteiger partial charge in [-0.2, -0.15) is 0 Å². The summed E-state index contributed by atoms with van der Waals surface area (Å²) in [5.74, 6) is 0.837. The molecule has 0 aliphatic carbocycles. The summed E-state index contributed by atoms with van der Waals surface area (Å²) < 4.78 is 0. The molecule has 1 heterocycles. The number of aliphatic hydroxyl groups excluding tert-OH is 1. The highest BCUT2D eigenvalue weighted by Crippen LogP contribution is 2.25. The van der Waals surface area contributed by atoms with Crippen molar-refractivity contribution in [2.45, 2.75) is 52.2 Å². The third kappa shape index (κ3) is 3.58. The molecule has 106 valence electrons. The van der Waals surface area contributed by atoms with Gasteiger partial charge in [0, 0.05) is 6.04 Å². The predicted molar refractivity (Wildman–Crippen MR) is 80.2 cm³/mol. The Hall–Kier alpha value is -0.860. The van der Waals surface area contributed by atoms with E-state index in [9.17, 15) is 5.11 Å². The molecule has 1 saturated heterocycles. The van der Waals surface area contributed by atoms with Crippen LogP contribution < -0.4 is 0 Å². The average molecular weight is 261 g/mol. The molecule has 0 amide bonds. The fourth-order valence-corrected chi connectivity index (χ4v) is 2.86. The number of likely N-dealkylation sites (tertiary alicyclic amines) is 1. The van der Waals surface area contributed by atoms with E-state index in [0.717, 1.165) is 31.0 Å². The molecule has 0 bridgehead atoms. The molecule has 0 radical (unpaired) electrons. The predicted octanol–water partition coefficient (Wildman–Crippen LogP) is 3.40. The van der Waals surface area contributed by atoms with Crippen LogP contribution in [0.1, 0.15) is 50.8 Å². The zero-order chi connectivity index (χ0) is 13.8. The fraction of sp³-hybridized carbons (Fsp3) is 0.647. The van der Waals surface area contributed by atoms with Gasteiger partial charge in [0.15, 0.2) is 0 Å². The van der Waals surface area contributed by atoms with Crippen LogP contribution in [0.5, 0.6) is 0 Å². The fourth-order valence-electron chi connectivity index (χ4n) is 2.86. The average Bonchev–Trinajstić information content (AvgIpc) is 2.46. The van der Waals surface area contributed by atoms with E-state index in [-0.39, 0.29) is 12.1 Å². The van der Waals surface area contributed by atoms with E-state index < -0.39 is 0 Å². The minimum absolute atomic E-state index is 0.208. The summed E-state index contributed by atoms with van der Waals surface area (Å²) in [6, 6.07) is 8.62. The lowest BCUT2D eigenvalue weighted by molar-refractivity contribution is 0.0390. The van der Waals surface area contributed by atoms with Crippen molar-refractivity contribution in [3.63, 3.8) is 0 Å². The number of hydrogen-bond acceptors (Lipinski definition) is 2. The SMILES string of the molecule is CCc1ccc(C(O)C(C)N2CCC(C)CC2)cc1. The highest BCUT2D eigenvalue weighted by Gasteiger charge is 2.26. The maximum Gasteiger partial charge on any atom is 0.0942 e. The number of hydrogen-bond donors (Lipinski definition) is 1. The molecule has 2 heteroatoms. The van der Waals surface area contributed by atoms with Crippen molar-refractivity contribution in [3.05, 3.63) is 35.4 Å². The molecule has 1 aromatic carbocycles. The largest absolute Gasteiger partial charge is 0.387 e. The third-order valence-corrected chi connectivity index (χ3v) is 4.58. The van der Waals surface area contributed by atoms with Gasteiger partial charge in [0.1, 0.15) is 0 Å². The molecule has 1 aromatic rings. The quantitative estimate of drug-likeness (QED) is 0.898. The van der Waals surface area contributed by atoms with Gasteiger partial charge in [-0.25, -0.2) is 0 Å². The Bertz CT molecular complexity index is 379. The molecule has 1 fully saturated rings. The molecule has 2 rings (SSSR count). The summed E-state index contributed by atoms with van der Waals surface area (Å²) in [5, 5.41) is 10.5. The Balaban J connectivity index is 1.99. The summed E-state index contributed by atoms with van der Waals surface area (Å²) in [4.78, 5) is 2.43. The number of rotatable bonds is 4. The van der Waals surface area contributed by atoms with Crippen LogP contribution in [-0.4, -0.2) is 29.1 Å². The van der Waals surface area contributed by atoms with Crippen molar-refractivity contribution in [2.75, 3.05) is 13.1 Å². The van der Waals surface area contributed by atoms with Crippen LogP contribution in [0.3, 0.4) is 0 Å². The minimum atomic E-state index is -0.376. The zero-order valence-electron chi connectivity index (χ0n) is 12.5. The normalized spacial score (nSPS) is 21.3. The van der Waals surface area contributed by atoms with Gasteiger partial charge >= 0.3 is 0 Å². The molecule has 0 saturated carbocycles. The van der Waals surface area contributed by atoms with Gasteiger partial charge in [-0.05, 0) is 56.3 Å². The van der Waals surface area contributed by atoms with Crippen LogP contribution in [0.4, 0.5) is 0 Å². The summed E-state index contributed by atoms with van der Waals surface area (Å²) in [7, 11) is 0.